The van der Waals surface area contributed by atoms with Crippen molar-refractivity contribution in [3.8, 4) is 0 Å². The molecule has 4 nitrogen and oxygen atoms in total. The second-order valence-corrected chi connectivity index (χ2v) is 8.15. The molecule has 1 heterocycles. The molecule has 0 saturated heterocycles. The molecule has 2 rings (SSSR count). The summed E-state index contributed by atoms with van der Waals surface area (Å²) >= 11 is 8.06. The van der Waals surface area contributed by atoms with E-state index in [1.807, 2.05) is 11.4 Å². The Hall–Kier alpha value is -0.410. The molecule has 0 aliphatic heterocycles. The predicted octanol–water partition coefficient (Wildman–Crippen LogP) is 3.33. The third kappa shape index (κ3) is 3.57. The van der Waals surface area contributed by atoms with Crippen LogP contribution in [0, 0.1) is 0 Å². The van der Waals surface area contributed by atoms with Crippen LogP contribution in [0.3, 0.4) is 0 Å². The highest BCUT2D eigenvalue weighted by Gasteiger charge is 2.18. The average molecular weight is 426 g/mol. The number of hydrogen-bond acceptors (Lipinski definition) is 4. The fourth-order valence-corrected chi connectivity index (χ4v) is 4.93. The van der Waals surface area contributed by atoms with Crippen molar-refractivity contribution in [1.82, 2.24) is 4.72 Å². The van der Waals surface area contributed by atoms with Crippen LogP contribution in [-0.4, -0.2) is 8.42 Å². The minimum absolute atomic E-state index is 0.139. The largest absolute Gasteiger partial charge is 0.399 e. The molecule has 0 aliphatic rings. The fraction of sp³-hybridized carbons (Fsp3) is 0.0909. The SMILES string of the molecule is Nc1ccc(Br)c(S(=O)(=O)NCc2sccc2Br)c1. The Balaban J connectivity index is 2.23. The Bertz CT molecular complexity index is 698. The highest BCUT2D eigenvalue weighted by molar-refractivity contribution is 9.10. The first kappa shape index (κ1) is 15.0. The zero-order chi connectivity index (χ0) is 14.0. The van der Waals surface area contributed by atoms with Gasteiger partial charge in [-0.25, -0.2) is 13.1 Å². The summed E-state index contributed by atoms with van der Waals surface area (Å²) in [6, 6.07) is 6.56. The number of rotatable bonds is 4. The van der Waals surface area contributed by atoms with Gasteiger partial charge in [-0.05, 0) is 61.5 Å². The smallest absolute Gasteiger partial charge is 0.242 e. The molecule has 2 aromatic rings. The quantitative estimate of drug-likeness (QED) is 0.737. The Labute approximate surface area is 132 Å². The van der Waals surface area contributed by atoms with Crippen molar-refractivity contribution in [2.45, 2.75) is 11.4 Å². The minimum Gasteiger partial charge on any atom is -0.399 e. The zero-order valence-corrected chi connectivity index (χ0v) is 14.4. The molecule has 0 radical (unpaired) electrons. The fourth-order valence-electron chi connectivity index (χ4n) is 1.42. The highest BCUT2D eigenvalue weighted by atomic mass is 79.9. The van der Waals surface area contributed by atoms with Gasteiger partial charge in [-0.2, -0.15) is 0 Å². The molecule has 1 aromatic carbocycles. The first-order valence-corrected chi connectivity index (χ1v) is 9.11. The lowest BCUT2D eigenvalue weighted by molar-refractivity contribution is 0.581. The van der Waals surface area contributed by atoms with E-state index >= 15 is 0 Å². The van der Waals surface area contributed by atoms with Gasteiger partial charge < -0.3 is 5.73 Å². The van der Waals surface area contributed by atoms with Crippen LogP contribution in [0.5, 0.6) is 0 Å². The number of sulfonamides is 1. The number of nitrogens with two attached hydrogens (primary N) is 1. The molecule has 0 bridgehead atoms. The highest BCUT2D eigenvalue weighted by Crippen LogP contribution is 2.26. The molecule has 8 heteroatoms. The third-order valence-corrected chi connectivity index (χ3v) is 6.68. The van der Waals surface area contributed by atoms with Crippen molar-refractivity contribution in [3.63, 3.8) is 0 Å². The predicted molar refractivity (Wildman–Crippen MR) is 84.6 cm³/mol. The number of hydrogen-bond donors (Lipinski definition) is 2. The maximum absolute atomic E-state index is 12.2. The molecule has 0 spiro atoms. The standard InChI is InChI=1S/C11H10Br2N2O2S2/c12-8-3-4-18-10(8)6-15-19(16,17)11-5-7(14)1-2-9(11)13/h1-5,15H,6,14H2. The Morgan fingerprint density at radius 1 is 1.21 bits per heavy atom. The average Bonchev–Trinajstić information content (AvgIpc) is 2.75. The van der Waals surface area contributed by atoms with E-state index in [0.29, 0.717) is 10.2 Å². The molecular weight excluding hydrogens is 416 g/mol. The van der Waals surface area contributed by atoms with Crippen molar-refractivity contribution >= 4 is 58.9 Å². The summed E-state index contributed by atoms with van der Waals surface area (Å²) in [5.41, 5.74) is 6.02. The van der Waals surface area contributed by atoms with Crippen LogP contribution in [0.2, 0.25) is 0 Å². The second kappa shape index (κ2) is 5.92. The van der Waals surface area contributed by atoms with Crippen molar-refractivity contribution in [1.29, 1.82) is 0 Å². The van der Waals surface area contributed by atoms with Crippen LogP contribution < -0.4 is 10.5 Å². The number of nitrogens with one attached hydrogen (secondary N) is 1. The summed E-state index contributed by atoms with van der Waals surface area (Å²) in [5.74, 6) is 0. The summed E-state index contributed by atoms with van der Waals surface area (Å²) in [6.45, 7) is 0.238. The molecule has 3 N–H and O–H groups in total. The summed E-state index contributed by atoms with van der Waals surface area (Å²) in [4.78, 5) is 1.06. The lowest BCUT2D eigenvalue weighted by atomic mass is 10.3. The van der Waals surface area contributed by atoms with E-state index in [1.54, 1.807) is 12.1 Å². The second-order valence-electron chi connectivity index (χ2n) is 3.71. The van der Waals surface area contributed by atoms with E-state index in [9.17, 15) is 8.42 Å². The first-order valence-electron chi connectivity index (χ1n) is 5.17. The molecule has 102 valence electrons. The molecule has 0 atom stereocenters. The van der Waals surface area contributed by atoms with Crippen molar-refractivity contribution in [2.75, 3.05) is 5.73 Å². The normalized spacial score (nSPS) is 11.7. The van der Waals surface area contributed by atoms with Crippen molar-refractivity contribution in [3.05, 3.63) is 43.5 Å². The first-order chi connectivity index (χ1) is 8.90. The van der Waals surface area contributed by atoms with Crippen LogP contribution in [0.1, 0.15) is 4.88 Å². The Morgan fingerprint density at radius 2 is 1.95 bits per heavy atom. The lowest BCUT2D eigenvalue weighted by Gasteiger charge is -2.08. The molecule has 0 fully saturated rings. The van der Waals surface area contributed by atoms with E-state index < -0.39 is 10.0 Å². The van der Waals surface area contributed by atoms with E-state index in [-0.39, 0.29) is 11.4 Å². The Kier molecular flexibility index (Phi) is 4.67. The summed E-state index contributed by atoms with van der Waals surface area (Å²) in [6.07, 6.45) is 0. The van der Waals surface area contributed by atoms with Crippen molar-refractivity contribution < 1.29 is 8.42 Å². The lowest BCUT2D eigenvalue weighted by Crippen LogP contribution is -2.23. The van der Waals surface area contributed by atoms with E-state index in [1.165, 1.54) is 17.4 Å². The van der Waals surface area contributed by atoms with Crippen LogP contribution in [-0.2, 0) is 16.6 Å². The minimum atomic E-state index is -3.60. The number of anilines is 1. The van der Waals surface area contributed by atoms with Crippen LogP contribution in [0.15, 0.2) is 43.5 Å². The monoisotopic (exact) mass is 424 g/mol. The van der Waals surface area contributed by atoms with Gasteiger partial charge in [0.15, 0.2) is 0 Å². The van der Waals surface area contributed by atoms with Crippen LogP contribution >= 0.6 is 43.2 Å². The van der Waals surface area contributed by atoms with Gasteiger partial charge in [0.25, 0.3) is 0 Å². The van der Waals surface area contributed by atoms with Gasteiger partial charge in [0.2, 0.25) is 10.0 Å². The number of thiophene rings is 1. The van der Waals surface area contributed by atoms with Gasteiger partial charge in [-0.15, -0.1) is 11.3 Å². The molecule has 0 unspecified atom stereocenters. The van der Waals surface area contributed by atoms with Gasteiger partial charge >= 0.3 is 0 Å². The number of halogens is 2. The van der Waals surface area contributed by atoms with E-state index in [4.69, 9.17) is 5.73 Å². The zero-order valence-electron chi connectivity index (χ0n) is 9.56. The van der Waals surface area contributed by atoms with E-state index in [2.05, 4.69) is 36.6 Å². The molecule has 0 amide bonds. The van der Waals surface area contributed by atoms with Gasteiger partial charge in [0, 0.05) is 26.1 Å². The number of benzene rings is 1. The Morgan fingerprint density at radius 3 is 2.58 bits per heavy atom. The van der Waals surface area contributed by atoms with E-state index in [0.717, 1.165) is 9.35 Å². The van der Waals surface area contributed by atoms with Crippen LogP contribution in [0.4, 0.5) is 5.69 Å². The topological polar surface area (TPSA) is 72.2 Å². The van der Waals surface area contributed by atoms with Crippen LogP contribution in [0.25, 0.3) is 0 Å². The molecule has 1 aromatic heterocycles. The molecule has 0 aliphatic carbocycles. The molecular formula is C11H10Br2N2O2S2. The van der Waals surface area contributed by atoms with Gasteiger partial charge in [0.1, 0.15) is 0 Å². The summed E-state index contributed by atoms with van der Waals surface area (Å²) in [7, 11) is -3.60. The molecule has 0 saturated carbocycles. The maximum atomic E-state index is 12.2. The van der Waals surface area contributed by atoms with Gasteiger partial charge in [-0.1, -0.05) is 0 Å². The third-order valence-electron chi connectivity index (χ3n) is 2.36. The summed E-state index contributed by atoms with van der Waals surface area (Å²) < 4.78 is 28.3. The van der Waals surface area contributed by atoms with Gasteiger partial charge in [-0.3, -0.25) is 0 Å². The summed E-state index contributed by atoms with van der Waals surface area (Å²) in [5, 5.41) is 1.89. The van der Waals surface area contributed by atoms with Gasteiger partial charge in [0.05, 0.1) is 4.90 Å². The number of nitrogen functional groups attached to an aromatic ring is 1. The van der Waals surface area contributed by atoms with Crippen molar-refractivity contribution in [2.24, 2.45) is 0 Å². The molecule has 19 heavy (non-hydrogen) atoms. The maximum Gasteiger partial charge on any atom is 0.242 e.